The lowest BCUT2D eigenvalue weighted by Crippen LogP contribution is -1.99. The van der Waals surface area contributed by atoms with Crippen molar-refractivity contribution in [2.75, 3.05) is 7.11 Å². The highest BCUT2D eigenvalue weighted by atomic mass is 79.9. The second-order valence-corrected chi connectivity index (χ2v) is 4.73. The van der Waals surface area contributed by atoms with Gasteiger partial charge in [0.2, 0.25) is 0 Å². The largest absolute Gasteiger partial charge is 0.493 e. The second kappa shape index (κ2) is 6.26. The molecule has 0 fully saturated rings. The number of hydrogen-bond donors (Lipinski definition) is 0. The number of ether oxygens (including phenoxy) is 2. The molecule has 2 aromatic rings. The maximum Gasteiger partial charge on any atom is 0.175 e. The van der Waals surface area contributed by atoms with Crippen LogP contribution in [0.4, 0.5) is 0 Å². The van der Waals surface area contributed by atoms with Crippen LogP contribution in [-0.4, -0.2) is 7.11 Å². The third kappa shape index (κ3) is 3.27. The molecule has 0 saturated heterocycles. The predicted molar refractivity (Wildman–Crippen MR) is 76.2 cm³/mol. The van der Waals surface area contributed by atoms with Crippen LogP contribution in [0.15, 0.2) is 46.9 Å². The van der Waals surface area contributed by atoms with Gasteiger partial charge in [0.25, 0.3) is 0 Å². The number of halogens is 1. The Morgan fingerprint density at radius 3 is 2.58 bits per heavy atom. The third-order valence-corrected chi connectivity index (χ3v) is 3.17. The molecule has 0 unspecified atom stereocenters. The molecule has 0 saturated carbocycles. The molecule has 0 spiro atoms. The van der Waals surface area contributed by atoms with Gasteiger partial charge in [-0.15, -0.1) is 0 Å². The van der Waals surface area contributed by atoms with E-state index < -0.39 is 0 Å². The molecule has 96 valence electrons. The molecule has 0 amide bonds. The molecule has 0 bridgehead atoms. The maximum atomic E-state index is 8.91. The quantitative estimate of drug-likeness (QED) is 0.858. The Morgan fingerprint density at radius 2 is 1.95 bits per heavy atom. The summed E-state index contributed by atoms with van der Waals surface area (Å²) < 4.78 is 11.7. The summed E-state index contributed by atoms with van der Waals surface area (Å²) in [6, 6.07) is 15.3. The molecule has 0 heterocycles. The van der Waals surface area contributed by atoms with Crippen LogP contribution in [0.5, 0.6) is 11.5 Å². The van der Waals surface area contributed by atoms with Gasteiger partial charge < -0.3 is 9.47 Å². The highest BCUT2D eigenvalue weighted by molar-refractivity contribution is 9.10. The molecule has 0 aliphatic heterocycles. The Bertz CT molecular complexity index is 606. The number of benzene rings is 2. The van der Waals surface area contributed by atoms with E-state index >= 15 is 0 Å². The van der Waals surface area contributed by atoms with E-state index in [1.807, 2.05) is 30.3 Å². The van der Waals surface area contributed by atoms with Crippen molar-refractivity contribution in [2.45, 2.75) is 6.61 Å². The van der Waals surface area contributed by atoms with E-state index in [9.17, 15) is 0 Å². The van der Waals surface area contributed by atoms with E-state index in [2.05, 4.69) is 22.0 Å². The molecule has 0 radical (unpaired) electrons. The molecular weight excluding hydrogens is 306 g/mol. The van der Waals surface area contributed by atoms with Gasteiger partial charge in [-0.2, -0.15) is 5.26 Å². The summed E-state index contributed by atoms with van der Waals surface area (Å²) in [6.45, 7) is 0.446. The number of nitriles is 1. The Kier molecular flexibility index (Phi) is 4.43. The van der Waals surface area contributed by atoms with Crippen molar-refractivity contribution in [2.24, 2.45) is 0 Å². The minimum atomic E-state index is 0.446. The molecule has 0 aliphatic rings. The Hall–Kier alpha value is -1.99. The number of methoxy groups -OCH3 is 1. The predicted octanol–water partition coefficient (Wildman–Crippen LogP) is 3.91. The Labute approximate surface area is 120 Å². The van der Waals surface area contributed by atoms with Crippen LogP contribution >= 0.6 is 15.9 Å². The van der Waals surface area contributed by atoms with Gasteiger partial charge >= 0.3 is 0 Å². The lowest BCUT2D eigenvalue weighted by atomic mass is 10.2. The zero-order valence-corrected chi connectivity index (χ0v) is 12.0. The van der Waals surface area contributed by atoms with Gasteiger partial charge in [-0.25, -0.2) is 0 Å². The topological polar surface area (TPSA) is 42.2 Å². The van der Waals surface area contributed by atoms with Crippen molar-refractivity contribution in [1.29, 1.82) is 5.26 Å². The summed E-state index contributed by atoms with van der Waals surface area (Å²) in [5.41, 5.74) is 1.59. The fourth-order valence-corrected chi connectivity index (χ4v) is 2.21. The lowest BCUT2D eigenvalue weighted by Gasteiger charge is -2.13. The van der Waals surface area contributed by atoms with Crippen LogP contribution < -0.4 is 9.47 Å². The molecule has 0 aliphatic carbocycles. The van der Waals surface area contributed by atoms with Gasteiger partial charge in [-0.3, -0.25) is 0 Å². The van der Waals surface area contributed by atoms with Gasteiger partial charge in [0.05, 0.1) is 23.2 Å². The zero-order valence-electron chi connectivity index (χ0n) is 10.4. The molecule has 0 aromatic heterocycles. The molecule has 2 aromatic carbocycles. The summed E-state index contributed by atoms with van der Waals surface area (Å²) >= 11 is 3.40. The van der Waals surface area contributed by atoms with E-state index in [1.54, 1.807) is 19.2 Å². The van der Waals surface area contributed by atoms with E-state index in [0.29, 0.717) is 28.1 Å². The van der Waals surface area contributed by atoms with Gasteiger partial charge in [-0.1, -0.05) is 30.3 Å². The molecule has 2 rings (SSSR count). The summed E-state index contributed by atoms with van der Waals surface area (Å²) in [4.78, 5) is 0. The molecule has 19 heavy (non-hydrogen) atoms. The normalized spacial score (nSPS) is 9.74. The van der Waals surface area contributed by atoms with Crippen molar-refractivity contribution < 1.29 is 9.47 Å². The van der Waals surface area contributed by atoms with E-state index in [0.717, 1.165) is 5.56 Å². The van der Waals surface area contributed by atoms with Gasteiger partial charge in [0.15, 0.2) is 11.5 Å². The Morgan fingerprint density at radius 1 is 1.21 bits per heavy atom. The van der Waals surface area contributed by atoms with Crippen LogP contribution in [0, 0.1) is 11.3 Å². The zero-order chi connectivity index (χ0) is 13.7. The maximum absolute atomic E-state index is 8.91. The fourth-order valence-electron chi connectivity index (χ4n) is 1.65. The molecular formula is C15H12BrNO2. The van der Waals surface area contributed by atoms with Crippen LogP contribution in [-0.2, 0) is 6.61 Å². The SMILES string of the molecule is COc1cc(C#N)cc(Br)c1OCc1ccccc1. The number of nitrogens with zero attached hydrogens (tertiary/aromatic N) is 1. The first kappa shape index (κ1) is 13.4. The van der Waals surface area contributed by atoms with Gasteiger partial charge in [0.1, 0.15) is 6.61 Å². The first-order valence-electron chi connectivity index (χ1n) is 5.69. The summed E-state index contributed by atoms with van der Waals surface area (Å²) in [7, 11) is 1.55. The van der Waals surface area contributed by atoms with Crippen molar-refractivity contribution in [3.05, 3.63) is 58.1 Å². The number of rotatable bonds is 4. The average Bonchev–Trinajstić information content (AvgIpc) is 2.46. The van der Waals surface area contributed by atoms with E-state index in [4.69, 9.17) is 14.7 Å². The summed E-state index contributed by atoms with van der Waals surface area (Å²) in [5, 5.41) is 8.91. The van der Waals surface area contributed by atoms with Gasteiger partial charge in [0, 0.05) is 6.07 Å². The van der Waals surface area contributed by atoms with Crippen molar-refractivity contribution in [3.8, 4) is 17.6 Å². The summed E-state index contributed by atoms with van der Waals surface area (Å²) in [6.07, 6.45) is 0. The second-order valence-electron chi connectivity index (χ2n) is 3.88. The fraction of sp³-hybridized carbons (Fsp3) is 0.133. The summed E-state index contributed by atoms with van der Waals surface area (Å²) in [5.74, 6) is 1.15. The van der Waals surface area contributed by atoms with Gasteiger partial charge in [-0.05, 0) is 27.6 Å². The van der Waals surface area contributed by atoms with Crippen LogP contribution in [0.2, 0.25) is 0 Å². The monoisotopic (exact) mass is 317 g/mol. The Balaban J connectivity index is 2.23. The minimum Gasteiger partial charge on any atom is -0.493 e. The van der Waals surface area contributed by atoms with Crippen molar-refractivity contribution in [3.63, 3.8) is 0 Å². The lowest BCUT2D eigenvalue weighted by molar-refractivity contribution is 0.282. The van der Waals surface area contributed by atoms with Crippen LogP contribution in [0.1, 0.15) is 11.1 Å². The number of hydrogen-bond acceptors (Lipinski definition) is 3. The standard InChI is InChI=1S/C15H12BrNO2/c1-18-14-8-12(9-17)7-13(16)15(14)19-10-11-5-3-2-4-6-11/h2-8H,10H2,1H3. The molecule has 0 N–H and O–H groups in total. The van der Waals surface area contributed by atoms with E-state index in [1.165, 1.54) is 0 Å². The average molecular weight is 318 g/mol. The van der Waals surface area contributed by atoms with Crippen molar-refractivity contribution >= 4 is 15.9 Å². The van der Waals surface area contributed by atoms with Crippen molar-refractivity contribution in [1.82, 2.24) is 0 Å². The van der Waals surface area contributed by atoms with E-state index in [-0.39, 0.29) is 0 Å². The van der Waals surface area contributed by atoms with Crippen LogP contribution in [0.3, 0.4) is 0 Å². The molecule has 4 heteroatoms. The highest BCUT2D eigenvalue weighted by Gasteiger charge is 2.11. The minimum absolute atomic E-state index is 0.446. The molecule has 0 atom stereocenters. The first-order chi connectivity index (χ1) is 9.24. The first-order valence-corrected chi connectivity index (χ1v) is 6.48. The molecule has 3 nitrogen and oxygen atoms in total. The highest BCUT2D eigenvalue weighted by Crippen LogP contribution is 2.36. The third-order valence-electron chi connectivity index (χ3n) is 2.58. The van der Waals surface area contributed by atoms with Crippen LogP contribution in [0.25, 0.3) is 0 Å². The smallest absolute Gasteiger partial charge is 0.175 e.